The van der Waals surface area contributed by atoms with Gasteiger partial charge in [-0.15, -0.1) is 0 Å². The molecule has 0 aliphatic heterocycles. The maximum Gasteiger partial charge on any atom is 0.223 e. The van der Waals surface area contributed by atoms with Gasteiger partial charge in [-0.3, -0.25) is 4.79 Å². The van der Waals surface area contributed by atoms with Crippen molar-refractivity contribution >= 4 is 22.5 Å². The van der Waals surface area contributed by atoms with Gasteiger partial charge in [-0.2, -0.15) is 14.8 Å². The van der Waals surface area contributed by atoms with Crippen LogP contribution in [0.2, 0.25) is 0 Å². The Bertz CT molecular complexity index is 1140. The molecule has 1 amide bonds. The van der Waals surface area contributed by atoms with Gasteiger partial charge in [0.1, 0.15) is 5.65 Å². The Morgan fingerprint density at radius 1 is 1.18 bits per heavy atom. The van der Waals surface area contributed by atoms with Crippen LogP contribution in [0.25, 0.3) is 27.7 Å². The molecule has 0 radical (unpaired) electrons. The zero-order valence-corrected chi connectivity index (χ0v) is 15.6. The highest BCUT2D eigenvalue weighted by molar-refractivity contribution is 5.97. The molecule has 0 unspecified atom stereocenters. The minimum atomic E-state index is 0.200. The van der Waals surface area contributed by atoms with Gasteiger partial charge in [0.05, 0.1) is 11.7 Å². The van der Waals surface area contributed by atoms with Gasteiger partial charge < -0.3 is 10.3 Å². The molecule has 0 bridgehead atoms. The van der Waals surface area contributed by atoms with Crippen molar-refractivity contribution in [2.24, 2.45) is 5.92 Å². The maximum atomic E-state index is 12.2. The zero-order chi connectivity index (χ0) is 18.9. The summed E-state index contributed by atoms with van der Waals surface area (Å²) in [6.07, 6.45) is 10.5. The van der Waals surface area contributed by atoms with Gasteiger partial charge in [0.2, 0.25) is 5.91 Å². The first-order valence-electron chi connectivity index (χ1n) is 9.83. The van der Waals surface area contributed by atoms with E-state index in [-0.39, 0.29) is 11.8 Å². The Labute approximate surface area is 162 Å². The standard InChI is InChI=1S/C21H22N6O/c28-21(14-4-1-2-5-14)23-10-7-15-12-17-16(8-11-22-20(17)26-15)18-13-25-27-19(18)6-3-9-24-27/h3,6,8-9,11-14H,1-2,4-5,7,10H2,(H,22,26)(H,23,28). The summed E-state index contributed by atoms with van der Waals surface area (Å²) >= 11 is 0. The molecule has 4 aromatic rings. The van der Waals surface area contributed by atoms with Gasteiger partial charge in [-0.05, 0) is 42.7 Å². The van der Waals surface area contributed by atoms with Crippen LogP contribution < -0.4 is 5.32 Å². The number of carbonyl (C=O) groups is 1. The van der Waals surface area contributed by atoms with E-state index < -0.39 is 0 Å². The second kappa shape index (κ2) is 7.07. The smallest absolute Gasteiger partial charge is 0.223 e. The number of amides is 1. The van der Waals surface area contributed by atoms with E-state index in [9.17, 15) is 4.79 Å². The number of pyridine rings is 1. The molecule has 142 valence electrons. The number of carbonyl (C=O) groups excluding carboxylic acids is 1. The zero-order valence-electron chi connectivity index (χ0n) is 15.6. The van der Waals surface area contributed by atoms with E-state index in [4.69, 9.17) is 0 Å². The molecule has 0 aromatic carbocycles. The van der Waals surface area contributed by atoms with E-state index >= 15 is 0 Å². The first-order chi connectivity index (χ1) is 13.8. The summed E-state index contributed by atoms with van der Waals surface area (Å²) in [6.45, 7) is 0.637. The monoisotopic (exact) mass is 374 g/mol. The third-order valence-electron chi connectivity index (χ3n) is 5.60. The van der Waals surface area contributed by atoms with E-state index in [1.54, 1.807) is 17.0 Å². The molecule has 0 saturated heterocycles. The lowest BCUT2D eigenvalue weighted by Crippen LogP contribution is -2.30. The lowest BCUT2D eigenvalue weighted by molar-refractivity contribution is -0.124. The number of fused-ring (bicyclic) bond motifs is 2. The van der Waals surface area contributed by atoms with Gasteiger partial charge in [0.25, 0.3) is 0 Å². The van der Waals surface area contributed by atoms with E-state index in [1.165, 1.54) is 12.8 Å². The molecule has 1 aliphatic rings. The van der Waals surface area contributed by atoms with Crippen molar-refractivity contribution in [1.29, 1.82) is 0 Å². The Morgan fingerprint density at radius 3 is 2.96 bits per heavy atom. The molecule has 0 spiro atoms. The van der Waals surface area contributed by atoms with E-state index in [1.807, 2.05) is 24.4 Å². The highest BCUT2D eigenvalue weighted by atomic mass is 16.1. The number of hydrogen-bond donors (Lipinski definition) is 2. The number of aromatic amines is 1. The number of nitrogens with one attached hydrogen (secondary N) is 2. The maximum absolute atomic E-state index is 12.2. The molecule has 4 aromatic heterocycles. The predicted molar refractivity (Wildman–Crippen MR) is 107 cm³/mol. The summed E-state index contributed by atoms with van der Waals surface area (Å²) in [5.74, 6) is 0.409. The third-order valence-corrected chi connectivity index (χ3v) is 5.60. The average molecular weight is 374 g/mol. The molecule has 1 saturated carbocycles. The molecule has 28 heavy (non-hydrogen) atoms. The van der Waals surface area contributed by atoms with Crippen molar-refractivity contribution in [1.82, 2.24) is 30.1 Å². The summed E-state index contributed by atoms with van der Waals surface area (Å²) in [5, 5.41) is 12.7. The van der Waals surface area contributed by atoms with Crippen LogP contribution in [0.3, 0.4) is 0 Å². The van der Waals surface area contributed by atoms with E-state index in [0.29, 0.717) is 6.54 Å². The minimum absolute atomic E-state index is 0.200. The Kier molecular flexibility index (Phi) is 4.27. The van der Waals surface area contributed by atoms with Crippen molar-refractivity contribution in [2.75, 3.05) is 6.54 Å². The Hall–Kier alpha value is -3.22. The fourth-order valence-corrected chi connectivity index (χ4v) is 4.14. The largest absolute Gasteiger partial charge is 0.355 e. The molecule has 5 rings (SSSR count). The van der Waals surface area contributed by atoms with Crippen molar-refractivity contribution in [3.8, 4) is 11.1 Å². The Morgan fingerprint density at radius 2 is 2.07 bits per heavy atom. The van der Waals surface area contributed by atoms with Crippen LogP contribution in [0.15, 0.2) is 42.9 Å². The van der Waals surface area contributed by atoms with Crippen LogP contribution in [0.1, 0.15) is 31.4 Å². The summed E-state index contributed by atoms with van der Waals surface area (Å²) in [7, 11) is 0. The predicted octanol–water partition coefficient (Wildman–Crippen LogP) is 3.12. The number of aromatic nitrogens is 5. The van der Waals surface area contributed by atoms with Gasteiger partial charge in [0.15, 0.2) is 0 Å². The molecule has 2 N–H and O–H groups in total. The normalized spacial score (nSPS) is 14.9. The van der Waals surface area contributed by atoms with Crippen LogP contribution in [0.5, 0.6) is 0 Å². The topological polar surface area (TPSA) is 88.0 Å². The van der Waals surface area contributed by atoms with Crippen LogP contribution in [-0.2, 0) is 11.2 Å². The molecule has 0 atom stereocenters. The van der Waals surface area contributed by atoms with E-state index in [0.717, 1.165) is 52.6 Å². The fraction of sp³-hybridized carbons (Fsp3) is 0.333. The first kappa shape index (κ1) is 16.9. The molecule has 7 nitrogen and oxygen atoms in total. The van der Waals surface area contributed by atoms with Crippen LogP contribution in [0, 0.1) is 5.92 Å². The molecule has 1 aliphatic carbocycles. The number of hydrogen-bond acceptors (Lipinski definition) is 4. The second-order valence-corrected chi connectivity index (χ2v) is 7.39. The minimum Gasteiger partial charge on any atom is -0.355 e. The molecule has 4 heterocycles. The van der Waals surface area contributed by atoms with Gasteiger partial charge in [-0.25, -0.2) is 4.98 Å². The number of rotatable bonds is 5. The van der Waals surface area contributed by atoms with Crippen LogP contribution in [-0.4, -0.2) is 37.2 Å². The summed E-state index contributed by atoms with van der Waals surface area (Å²) in [5.41, 5.74) is 4.97. The first-order valence-corrected chi connectivity index (χ1v) is 9.83. The lowest BCUT2D eigenvalue weighted by atomic mass is 10.1. The van der Waals surface area contributed by atoms with Gasteiger partial charge >= 0.3 is 0 Å². The summed E-state index contributed by atoms with van der Waals surface area (Å²) in [4.78, 5) is 20.0. The quantitative estimate of drug-likeness (QED) is 0.562. The van der Waals surface area contributed by atoms with Gasteiger partial charge in [0, 0.05) is 47.9 Å². The van der Waals surface area contributed by atoms with Gasteiger partial charge in [-0.1, -0.05) is 12.8 Å². The fourth-order valence-electron chi connectivity index (χ4n) is 4.14. The third kappa shape index (κ3) is 3.02. The molecular formula is C21H22N6O. The lowest BCUT2D eigenvalue weighted by Gasteiger charge is -2.09. The molecule has 7 heteroatoms. The van der Waals surface area contributed by atoms with E-state index in [2.05, 4.69) is 31.5 Å². The van der Waals surface area contributed by atoms with Crippen LogP contribution in [0.4, 0.5) is 0 Å². The van der Waals surface area contributed by atoms with Crippen molar-refractivity contribution in [3.05, 3.63) is 48.5 Å². The molecular weight excluding hydrogens is 352 g/mol. The summed E-state index contributed by atoms with van der Waals surface area (Å²) < 4.78 is 1.63. The van der Waals surface area contributed by atoms with Crippen molar-refractivity contribution < 1.29 is 4.79 Å². The van der Waals surface area contributed by atoms with Crippen molar-refractivity contribution in [3.63, 3.8) is 0 Å². The second-order valence-electron chi connectivity index (χ2n) is 7.39. The highest BCUT2D eigenvalue weighted by Crippen LogP contribution is 2.31. The highest BCUT2D eigenvalue weighted by Gasteiger charge is 2.22. The SMILES string of the molecule is O=C(NCCc1cc2c(-c3cnn4ncccc34)ccnc2[nH]1)C1CCCC1. The van der Waals surface area contributed by atoms with Crippen LogP contribution >= 0.6 is 0 Å². The summed E-state index contributed by atoms with van der Waals surface area (Å²) in [6, 6.07) is 8.05. The van der Waals surface area contributed by atoms with Crippen molar-refractivity contribution in [2.45, 2.75) is 32.1 Å². The Balaban J connectivity index is 1.38. The average Bonchev–Trinajstić information content (AvgIpc) is 3.46. The molecule has 1 fully saturated rings. The number of nitrogens with zero attached hydrogens (tertiary/aromatic N) is 4. The number of H-pyrrole nitrogens is 1.